The summed E-state index contributed by atoms with van der Waals surface area (Å²) in [6.45, 7) is 7.84. The summed E-state index contributed by atoms with van der Waals surface area (Å²) >= 11 is 0. The third-order valence-electron chi connectivity index (χ3n) is 2.81. The molecule has 5 heteroatoms. The van der Waals surface area contributed by atoms with Gasteiger partial charge in [0.1, 0.15) is 5.41 Å². The summed E-state index contributed by atoms with van der Waals surface area (Å²) in [6, 6.07) is 0. The first kappa shape index (κ1) is 15.9. The molecule has 0 radical (unpaired) electrons. The van der Waals surface area contributed by atoms with Crippen LogP contribution in [0.5, 0.6) is 0 Å². The van der Waals surface area contributed by atoms with Gasteiger partial charge in [-0.1, -0.05) is 13.8 Å². The van der Waals surface area contributed by atoms with Crippen LogP contribution in [0.15, 0.2) is 0 Å². The van der Waals surface area contributed by atoms with Crippen molar-refractivity contribution in [1.82, 2.24) is 5.32 Å². The second-order valence-corrected chi connectivity index (χ2v) is 5.52. The third kappa shape index (κ3) is 5.17. The average molecular weight is 245 g/mol. The SMILES string of the molecule is COCCC(C)(C)CNC(=O)C(C)(C)C(=O)O. The topological polar surface area (TPSA) is 75.6 Å². The number of rotatable bonds is 7. The average Bonchev–Trinajstić information content (AvgIpc) is 2.23. The minimum absolute atomic E-state index is 0.111. The fourth-order valence-electron chi connectivity index (χ4n) is 1.10. The highest BCUT2D eigenvalue weighted by Crippen LogP contribution is 2.20. The van der Waals surface area contributed by atoms with Crippen molar-refractivity contribution in [3.05, 3.63) is 0 Å². The smallest absolute Gasteiger partial charge is 0.318 e. The summed E-state index contributed by atoms with van der Waals surface area (Å²) in [7, 11) is 1.63. The van der Waals surface area contributed by atoms with E-state index in [0.29, 0.717) is 13.2 Å². The van der Waals surface area contributed by atoms with Crippen LogP contribution in [-0.4, -0.2) is 37.2 Å². The highest BCUT2D eigenvalue weighted by molar-refractivity contribution is 6.00. The number of carbonyl (C=O) groups excluding carboxylic acids is 1. The van der Waals surface area contributed by atoms with Crippen molar-refractivity contribution >= 4 is 11.9 Å². The molecule has 2 N–H and O–H groups in total. The molecule has 1 amide bonds. The van der Waals surface area contributed by atoms with E-state index in [2.05, 4.69) is 5.32 Å². The number of carboxylic acids is 1. The van der Waals surface area contributed by atoms with E-state index in [1.54, 1.807) is 7.11 Å². The monoisotopic (exact) mass is 245 g/mol. The van der Waals surface area contributed by atoms with Crippen LogP contribution >= 0.6 is 0 Å². The quantitative estimate of drug-likeness (QED) is 0.662. The first-order valence-corrected chi connectivity index (χ1v) is 5.64. The lowest BCUT2D eigenvalue weighted by Gasteiger charge is -2.27. The number of hydrogen-bond acceptors (Lipinski definition) is 3. The molecule has 0 aromatic rings. The Morgan fingerprint density at radius 3 is 2.18 bits per heavy atom. The Morgan fingerprint density at radius 1 is 1.24 bits per heavy atom. The van der Waals surface area contributed by atoms with Gasteiger partial charge in [0, 0.05) is 20.3 Å². The molecule has 100 valence electrons. The summed E-state index contributed by atoms with van der Waals surface area (Å²) in [6.07, 6.45) is 0.803. The van der Waals surface area contributed by atoms with E-state index >= 15 is 0 Å². The predicted molar refractivity (Wildman–Crippen MR) is 64.7 cm³/mol. The molecule has 0 aromatic carbocycles. The Labute approximate surface area is 103 Å². The van der Waals surface area contributed by atoms with Crippen LogP contribution in [0.4, 0.5) is 0 Å². The zero-order valence-electron chi connectivity index (χ0n) is 11.3. The molecule has 0 aliphatic rings. The summed E-state index contributed by atoms with van der Waals surface area (Å²) in [5.74, 6) is -1.58. The lowest BCUT2D eigenvalue weighted by atomic mass is 9.88. The van der Waals surface area contributed by atoms with E-state index in [1.807, 2.05) is 13.8 Å². The second-order valence-electron chi connectivity index (χ2n) is 5.52. The lowest BCUT2D eigenvalue weighted by molar-refractivity contribution is -0.153. The zero-order chi connectivity index (χ0) is 13.7. The van der Waals surface area contributed by atoms with Crippen LogP contribution in [0.25, 0.3) is 0 Å². The molecule has 0 spiro atoms. The van der Waals surface area contributed by atoms with Crippen LogP contribution in [-0.2, 0) is 14.3 Å². The molecular formula is C12H23NO4. The van der Waals surface area contributed by atoms with Gasteiger partial charge in [-0.05, 0) is 25.7 Å². The van der Waals surface area contributed by atoms with Gasteiger partial charge in [0.25, 0.3) is 0 Å². The highest BCUT2D eigenvalue weighted by atomic mass is 16.5. The lowest BCUT2D eigenvalue weighted by Crippen LogP contribution is -2.45. The molecular weight excluding hydrogens is 222 g/mol. The van der Waals surface area contributed by atoms with Crippen molar-refractivity contribution in [2.45, 2.75) is 34.1 Å². The summed E-state index contributed by atoms with van der Waals surface area (Å²) in [4.78, 5) is 22.6. The molecule has 0 unspecified atom stereocenters. The maximum absolute atomic E-state index is 11.7. The van der Waals surface area contributed by atoms with Crippen molar-refractivity contribution in [3.8, 4) is 0 Å². The van der Waals surface area contributed by atoms with Gasteiger partial charge in [-0.3, -0.25) is 9.59 Å². The van der Waals surface area contributed by atoms with Gasteiger partial charge in [0.2, 0.25) is 5.91 Å². The van der Waals surface area contributed by atoms with Crippen LogP contribution < -0.4 is 5.32 Å². The summed E-state index contributed by atoms with van der Waals surface area (Å²) < 4.78 is 4.98. The first-order valence-electron chi connectivity index (χ1n) is 5.64. The van der Waals surface area contributed by atoms with Gasteiger partial charge in [-0.15, -0.1) is 0 Å². The Morgan fingerprint density at radius 2 is 1.76 bits per heavy atom. The number of carbonyl (C=O) groups is 2. The van der Waals surface area contributed by atoms with Crippen molar-refractivity contribution < 1.29 is 19.4 Å². The fraction of sp³-hybridized carbons (Fsp3) is 0.833. The largest absolute Gasteiger partial charge is 0.480 e. The molecule has 0 bridgehead atoms. The van der Waals surface area contributed by atoms with E-state index in [9.17, 15) is 9.59 Å². The molecule has 17 heavy (non-hydrogen) atoms. The second kappa shape index (κ2) is 6.00. The number of carboxylic acid groups (broad SMARTS) is 1. The fourth-order valence-corrected chi connectivity index (χ4v) is 1.10. The molecule has 0 saturated heterocycles. The Balaban J connectivity index is 4.29. The van der Waals surface area contributed by atoms with Gasteiger partial charge in [-0.2, -0.15) is 0 Å². The number of ether oxygens (including phenoxy) is 1. The van der Waals surface area contributed by atoms with Gasteiger partial charge < -0.3 is 15.2 Å². The number of amides is 1. The summed E-state index contributed by atoms with van der Waals surface area (Å²) in [5.41, 5.74) is -1.50. The van der Waals surface area contributed by atoms with E-state index in [1.165, 1.54) is 13.8 Å². The van der Waals surface area contributed by atoms with Gasteiger partial charge in [-0.25, -0.2) is 0 Å². The number of methoxy groups -OCH3 is 1. The minimum atomic E-state index is -1.39. The molecule has 0 aliphatic carbocycles. The van der Waals surface area contributed by atoms with E-state index in [-0.39, 0.29) is 5.41 Å². The molecule has 0 rings (SSSR count). The van der Waals surface area contributed by atoms with Crippen LogP contribution in [0, 0.1) is 10.8 Å². The van der Waals surface area contributed by atoms with Crippen molar-refractivity contribution in [1.29, 1.82) is 0 Å². The molecule has 0 aliphatic heterocycles. The van der Waals surface area contributed by atoms with E-state index < -0.39 is 17.3 Å². The number of nitrogens with one attached hydrogen (secondary N) is 1. The zero-order valence-corrected chi connectivity index (χ0v) is 11.3. The standard InChI is InChI=1S/C12H23NO4/c1-11(2,6-7-17-5)8-13-9(14)12(3,4)10(15)16/h6-8H2,1-5H3,(H,13,14)(H,15,16). The molecule has 0 saturated carbocycles. The Kier molecular flexibility index (Phi) is 5.61. The van der Waals surface area contributed by atoms with Crippen molar-refractivity contribution in [2.75, 3.05) is 20.3 Å². The third-order valence-corrected chi connectivity index (χ3v) is 2.81. The molecule has 5 nitrogen and oxygen atoms in total. The van der Waals surface area contributed by atoms with E-state index in [4.69, 9.17) is 9.84 Å². The van der Waals surface area contributed by atoms with Crippen LogP contribution in [0.3, 0.4) is 0 Å². The number of hydrogen-bond donors (Lipinski definition) is 2. The number of aliphatic carboxylic acids is 1. The van der Waals surface area contributed by atoms with Gasteiger partial charge in [0.05, 0.1) is 0 Å². The highest BCUT2D eigenvalue weighted by Gasteiger charge is 2.36. The molecule has 0 atom stereocenters. The van der Waals surface area contributed by atoms with Crippen molar-refractivity contribution in [2.24, 2.45) is 10.8 Å². The van der Waals surface area contributed by atoms with Crippen LogP contribution in [0.1, 0.15) is 34.1 Å². The Bertz CT molecular complexity index is 284. The first-order chi connectivity index (χ1) is 7.63. The van der Waals surface area contributed by atoms with Crippen molar-refractivity contribution in [3.63, 3.8) is 0 Å². The van der Waals surface area contributed by atoms with Crippen LogP contribution in [0.2, 0.25) is 0 Å². The maximum Gasteiger partial charge on any atom is 0.318 e. The summed E-state index contributed by atoms with van der Waals surface area (Å²) in [5, 5.41) is 11.6. The molecule has 0 heterocycles. The predicted octanol–water partition coefficient (Wildman–Crippen LogP) is 1.28. The van der Waals surface area contributed by atoms with Gasteiger partial charge >= 0.3 is 5.97 Å². The minimum Gasteiger partial charge on any atom is -0.480 e. The maximum atomic E-state index is 11.7. The molecule has 0 aromatic heterocycles. The van der Waals surface area contributed by atoms with Gasteiger partial charge in [0.15, 0.2) is 0 Å². The normalized spacial score (nSPS) is 12.3. The molecule has 0 fully saturated rings. The Hall–Kier alpha value is -1.10. The van der Waals surface area contributed by atoms with E-state index in [0.717, 1.165) is 6.42 Å².